The van der Waals surface area contributed by atoms with Gasteiger partial charge in [0.2, 0.25) is 5.09 Å². The second-order valence-corrected chi connectivity index (χ2v) is 6.91. The number of benzene rings is 1. The molecule has 0 aliphatic carbocycles. The Bertz CT molecular complexity index is 803. The van der Waals surface area contributed by atoms with Crippen LogP contribution in [0.1, 0.15) is 16.1 Å². The molecular formula is C15H16N2O5S. The van der Waals surface area contributed by atoms with Gasteiger partial charge in [-0.05, 0) is 30.8 Å². The third-order valence-corrected chi connectivity index (χ3v) is 4.83. The molecule has 0 bridgehead atoms. The van der Waals surface area contributed by atoms with E-state index in [1.807, 2.05) is 24.3 Å². The van der Waals surface area contributed by atoms with E-state index < -0.39 is 15.9 Å². The summed E-state index contributed by atoms with van der Waals surface area (Å²) in [6.07, 6.45) is 0.570. The Balaban J connectivity index is 1.59. The lowest BCUT2D eigenvalue weighted by Gasteiger charge is -2.11. The number of nitrogens with one attached hydrogen (secondary N) is 2. The van der Waals surface area contributed by atoms with Crippen molar-refractivity contribution >= 4 is 15.9 Å². The predicted octanol–water partition coefficient (Wildman–Crippen LogP) is 0.921. The summed E-state index contributed by atoms with van der Waals surface area (Å²) in [5.41, 5.74) is 1.10. The smallest absolute Gasteiger partial charge is 0.287 e. The average molecular weight is 336 g/mol. The van der Waals surface area contributed by atoms with Crippen LogP contribution in [0.15, 0.2) is 45.9 Å². The summed E-state index contributed by atoms with van der Waals surface area (Å²) in [6, 6.07) is 10.3. The van der Waals surface area contributed by atoms with Gasteiger partial charge >= 0.3 is 0 Å². The van der Waals surface area contributed by atoms with Crippen molar-refractivity contribution in [3.05, 3.63) is 47.7 Å². The summed E-state index contributed by atoms with van der Waals surface area (Å²) in [4.78, 5) is 12.0. The number of sulfonamides is 1. The summed E-state index contributed by atoms with van der Waals surface area (Å²) in [5, 5.41) is 2.39. The van der Waals surface area contributed by atoms with Crippen LogP contribution in [0.25, 0.3) is 0 Å². The molecule has 2 aromatic rings. The number of furan rings is 1. The number of fused-ring (bicyclic) bond motifs is 1. The predicted molar refractivity (Wildman–Crippen MR) is 81.8 cm³/mol. The number of carbonyl (C=O) groups excluding carboxylic acids is 1. The van der Waals surface area contributed by atoms with Gasteiger partial charge in [-0.2, -0.15) is 0 Å². The van der Waals surface area contributed by atoms with E-state index in [2.05, 4.69) is 10.0 Å². The molecule has 8 heteroatoms. The molecule has 0 radical (unpaired) electrons. The number of hydrogen-bond donors (Lipinski definition) is 2. The second-order valence-electron chi connectivity index (χ2n) is 5.09. The molecule has 122 valence electrons. The van der Waals surface area contributed by atoms with E-state index in [9.17, 15) is 13.2 Å². The van der Waals surface area contributed by atoms with Crippen LogP contribution in [0, 0.1) is 0 Å². The van der Waals surface area contributed by atoms with Crippen molar-refractivity contribution in [2.24, 2.45) is 0 Å². The fourth-order valence-electron chi connectivity index (χ4n) is 2.35. The Labute approximate surface area is 133 Å². The monoisotopic (exact) mass is 336 g/mol. The molecule has 23 heavy (non-hydrogen) atoms. The van der Waals surface area contributed by atoms with Crippen LogP contribution in [-0.4, -0.2) is 34.0 Å². The SMILES string of the molecule is CNS(=O)(=O)c1ccc(C(=O)NC[C@H]2Cc3ccccc3O2)o1. The average Bonchev–Trinajstić information content (AvgIpc) is 3.19. The van der Waals surface area contributed by atoms with Crippen LogP contribution < -0.4 is 14.8 Å². The first-order chi connectivity index (χ1) is 11.0. The molecule has 0 spiro atoms. The molecule has 1 atom stereocenters. The molecule has 1 amide bonds. The number of rotatable bonds is 5. The largest absolute Gasteiger partial charge is 0.488 e. The van der Waals surface area contributed by atoms with E-state index in [1.165, 1.54) is 19.2 Å². The molecule has 1 aromatic heterocycles. The van der Waals surface area contributed by atoms with Crippen molar-refractivity contribution in [2.45, 2.75) is 17.6 Å². The molecule has 1 aliphatic heterocycles. The third kappa shape index (κ3) is 3.22. The minimum Gasteiger partial charge on any atom is -0.488 e. The minimum atomic E-state index is -3.70. The Hall–Kier alpha value is -2.32. The summed E-state index contributed by atoms with van der Waals surface area (Å²) in [7, 11) is -2.43. The highest BCUT2D eigenvalue weighted by molar-refractivity contribution is 7.89. The van der Waals surface area contributed by atoms with E-state index in [4.69, 9.17) is 9.15 Å². The van der Waals surface area contributed by atoms with Crippen LogP contribution in [0.3, 0.4) is 0 Å². The number of hydrogen-bond acceptors (Lipinski definition) is 5. The van der Waals surface area contributed by atoms with Gasteiger partial charge in [0.25, 0.3) is 15.9 Å². The van der Waals surface area contributed by atoms with E-state index in [1.54, 1.807) is 0 Å². The van der Waals surface area contributed by atoms with Crippen LogP contribution in [0.2, 0.25) is 0 Å². The Morgan fingerprint density at radius 3 is 2.78 bits per heavy atom. The number of carbonyl (C=O) groups is 1. The summed E-state index contributed by atoms with van der Waals surface area (Å²) < 4.78 is 36.1. The molecule has 3 rings (SSSR count). The molecule has 2 heterocycles. The summed E-state index contributed by atoms with van der Waals surface area (Å²) in [6.45, 7) is 0.308. The molecule has 7 nitrogen and oxygen atoms in total. The molecule has 2 N–H and O–H groups in total. The zero-order chi connectivity index (χ0) is 16.4. The Morgan fingerprint density at radius 2 is 2.04 bits per heavy atom. The van der Waals surface area contributed by atoms with Crippen molar-refractivity contribution in [1.82, 2.24) is 10.0 Å². The van der Waals surface area contributed by atoms with Gasteiger partial charge in [0.05, 0.1) is 6.54 Å². The van der Waals surface area contributed by atoms with Crippen LogP contribution >= 0.6 is 0 Å². The molecular weight excluding hydrogens is 320 g/mol. The summed E-state index contributed by atoms with van der Waals surface area (Å²) in [5.74, 6) is 0.281. The molecule has 1 aromatic carbocycles. The number of ether oxygens (including phenoxy) is 1. The molecule has 0 saturated carbocycles. The molecule has 1 aliphatic rings. The molecule has 0 fully saturated rings. The van der Waals surface area contributed by atoms with Gasteiger partial charge in [-0.15, -0.1) is 0 Å². The van der Waals surface area contributed by atoms with E-state index in [0.717, 1.165) is 11.3 Å². The maximum atomic E-state index is 12.0. The molecule has 0 unspecified atom stereocenters. The highest BCUT2D eigenvalue weighted by atomic mass is 32.2. The van der Waals surface area contributed by atoms with Gasteiger partial charge in [0, 0.05) is 6.42 Å². The van der Waals surface area contributed by atoms with Crippen molar-refractivity contribution in [2.75, 3.05) is 13.6 Å². The lowest BCUT2D eigenvalue weighted by molar-refractivity contribution is 0.0900. The minimum absolute atomic E-state index is 0.0608. The maximum absolute atomic E-state index is 12.0. The van der Waals surface area contributed by atoms with Crippen LogP contribution in [0.4, 0.5) is 0 Å². The standard InChI is InChI=1S/C15H16N2O5S/c1-16-23(19,20)14-7-6-13(22-14)15(18)17-9-11-8-10-4-2-3-5-12(10)21-11/h2-7,11,16H,8-9H2,1H3,(H,17,18)/t11-/m1/s1. The first-order valence-corrected chi connectivity index (χ1v) is 8.54. The Kier molecular flexibility index (Phi) is 4.10. The first-order valence-electron chi connectivity index (χ1n) is 7.06. The zero-order valence-corrected chi connectivity index (χ0v) is 13.2. The van der Waals surface area contributed by atoms with Gasteiger partial charge in [0.1, 0.15) is 11.9 Å². The van der Waals surface area contributed by atoms with Crippen LogP contribution in [0.5, 0.6) is 5.75 Å². The van der Waals surface area contributed by atoms with Crippen molar-refractivity contribution in [3.8, 4) is 5.75 Å². The highest BCUT2D eigenvalue weighted by Crippen LogP contribution is 2.27. The van der Waals surface area contributed by atoms with E-state index >= 15 is 0 Å². The zero-order valence-electron chi connectivity index (χ0n) is 12.4. The van der Waals surface area contributed by atoms with Crippen molar-refractivity contribution < 1.29 is 22.4 Å². The number of amides is 1. The Morgan fingerprint density at radius 1 is 1.26 bits per heavy atom. The fourth-order valence-corrected chi connectivity index (χ4v) is 3.00. The van der Waals surface area contributed by atoms with Gasteiger partial charge in [-0.3, -0.25) is 4.79 Å². The quantitative estimate of drug-likeness (QED) is 0.846. The van der Waals surface area contributed by atoms with E-state index in [-0.39, 0.29) is 17.0 Å². The molecule has 0 saturated heterocycles. The van der Waals surface area contributed by atoms with Gasteiger partial charge in [-0.1, -0.05) is 18.2 Å². The van der Waals surface area contributed by atoms with E-state index in [0.29, 0.717) is 13.0 Å². The maximum Gasteiger partial charge on any atom is 0.287 e. The topological polar surface area (TPSA) is 97.6 Å². The summed E-state index contributed by atoms with van der Waals surface area (Å²) >= 11 is 0. The second kappa shape index (κ2) is 6.05. The van der Waals surface area contributed by atoms with Crippen molar-refractivity contribution in [1.29, 1.82) is 0 Å². The highest BCUT2D eigenvalue weighted by Gasteiger charge is 2.24. The lowest BCUT2D eigenvalue weighted by Crippen LogP contribution is -2.34. The third-order valence-electron chi connectivity index (χ3n) is 3.54. The normalized spacial score (nSPS) is 16.7. The van der Waals surface area contributed by atoms with Crippen molar-refractivity contribution in [3.63, 3.8) is 0 Å². The van der Waals surface area contributed by atoms with Crippen LogP contribution in [-0.2, 0) is 16.4 Å². The van der Waals surface area contributed by atoms with Gasteiger partial charge in [-0.25, -0.2) is 13.1 Å². The van der Waals surface area contributed by atoms with Gasteiger partial charge < -0.3 is 14.5 Å². The number of para-hydroxylation sites is 1. The van der Waals surface area contributed by atoms with Gasteiger partial charge in [0.15, 0.2) is 5.76 Å². The fraction of sp³-hybridized carbons (Fsp3) is 0.267. The lowest BCUT2D eigenvalue weighted by atomic mass is 10.1. The first kappa shape index (κ1) is 15.6.